The Kier molecular flexibility index (Phi) is 2.26. The number of amides is 1. The van der Waals surface area contributed by atoms with E-state index in [-0.39, 0.29) is 12.1 Å². The van der Waals surface area contributed by atoms with E-state index in [0.717, 1.165) is 22.4 Å². The van der Waals surface area contributed by atoms with Gasteiger partial charge in [-0.25, -0.2) is 4.79 Å². The van der Waals surface area contributed by atoms with Gasteiger partial charge >= 0.3 is 6.09 Å². The van der Waals surface area contributed by atoms with Gasteiger partial charge in [-0.15, -0.1) is 0 Å². The van der Waals surface area contributed by atoms with Crippen LogP contribution in [0.5, 0.6) is 0 Å². The summed E-state index contributed by atoms with van der Waals surface area (Å²) in [6.07, 6.45) is -0.353. The largest absolute Gasteiger partial charge is 0.447 e. The number of aryl methyl sites for hydroxylation is 2. The van der Waals surface area contributed by atoms with Crippen molar-refractivity contribution in [2.45, 2.75) is 19.9 Å². The molecular formula is C11H14N2O2. The van der Waals surface area contributed by atoms with Gasteiger partial charge < -0.3 is 15.8 Å². The molecule has 4 heteroatoms. The van der Waals surface area contributed by atoms with Gasteiger partial charge in [0.05, 0.1) is 6.04 Å². The molecule has 15 heavy (non-hydrogen) atoms. The Morgan fingerprint density at radius 1 is 1.40 bits per heavy atom. The Balaban J connectivity index is 2.36. The van der Waals surface area contributed by atoms with Crippen molar-refractivity contribution in [3.8, 4) is 0 Å². The van der Waals surface area contributed by atoms with Crippen molar-refractivity contribution in [3.63, 3.8) is 0 Å². The molecule has 1 amide bonds. The first kappa shape index (κ1) is 9.83. The molecule has 0 saturated carbocycles. The second-order valence-electron chi connectivity index (χ2n) is 3.86. The molecule has 1 saturated heterocycles. The third kappa shape index (κ3) is 1.75. The van der Waals surface area contributed by atoms with E-state index in [4.69, 9.17) is 10.5 Å². The lowest BCUT2D eigenvalue weighted by Gasteiger charge is -2.13. The summed E-state index contributed by atoms with van der Waals surface area (Å²) < 4.78 is 4.86. The molecular weight excluding hydrogens is 192 g/mol. The average molecular weight is 206 g/mol. The minimum absolute atomic E-state index is 0.0446. The average Bonchev–Trinajstić information content (AvgIpc) is 2.58. The summed E-state index contributed by atoms with van der Waals surface area (Å²) >= 11 is 0. The second-order valence-corrected chi connectivity index (χ2v) is 3.86. The van der Waals surface area contributed by atoms with Gasteiger partial charge in [-0.1, -0.05) is 6.07 Å². The predicted octanol–water partition coefficient (Wildman–Crippen LogP) is 1.67. The molecule has 0 radical (unpaired) electrons. The van der Waals surface area contributed by atoms with Crippen molar-refractivity contribution < 1.29 is 9.53 Å². The Morgan fingerprint density at radius 3 is 2.73 bits per heavy atom. The van der Waals surface area contributed by atoms with Gasteiger partial charge in [0.15, 0.2) is 0 Å². The molecule has 3 N–H and O–H groups in total. The fourth-order valence-electron chi connectivity index (χ4n) is 1.79. The van der Waals surface area contributed by atoms with E-state index in [0.29, 0.717) is 6.61 Å². The van der Waals surface area contributed by atoms with E-state index in [2.05, 4.69) is 5.32 Å². The van der Waals surface area contributed by atoms with E-state index in [1.165, 1.54) is 0 Å². The Bertz CT molecular complexity index is 415. The number of anilines is 1. The Labute approximate surface area is 88.4 Å². The summed E-state index contributed by atoms with van der Waals surface area (Å²) in [5, 5.41) is 2.76. The molecule has 0 aromatic heterocycles. The minimum atomic E-state index is -0.353. The molecule has 4 nitrogen and oxygen atoms in total. The normalized spacial score (nSPS) is 19.9. The molecule has 1 atom stereocenters. The summed E-state index contributed by atoms with van der Waals surface area (Å²) in [5.41, 5.74) is 9.75. The monoisotopic (exact) mass is 206 g/mol. The number of hydrogen-bond donors (Lipinski definition) is 2. The predicted molar refractivity (Wildman–Crippen MR) is 57.6 cm³/mol. The Morgan fingerprint density at radius 2 is 2.13 bits per heavy atom. The van der Waals surface area contributed by atoms with Crippen molar-refractivity contribution in [1.29, 1.82) is 0 Å². The van der Waals surface area contributed by atoms with Gasteiger partial charge in [0.2, 0.25) is 0 Å². The van der Waals surface area contributed by atoms with Crippen LogP contribution < -0.4 is 11.1 Å². The number of cyclic esters (lactones) is 1. The first-order valence-corrected chi connectivity index (χ1v) is 4.88. The van der Waals surface area contributed by atoms with Crippen LogP contribution in [0.3, 0.4) is 0 Å². The van der Waals surface area contributed by atoms with E-state index in [1.807, 2.05) is 26.0 Å². The van der Waals surface area contributed by atoms with Crippen LogP contribution in [-0.4, -0.2) is 12.7 Å². The zero-order valence-corrected chi connectivity index (χ0v) is 8.83. The molecule has 0 spiro atoms. The Hall–Kier alpha value is -1.71. The molecule has 1 unspecified atom stereocenters. The number of rotatable bonds is 1. The van der Waals surface area contributed by atoms with Crippen LogP contribution in [0.25, 0.3) is 0 Å². The number of carbonyl (C=O) groups is 1. The summed E-state index contributed by atoms with van der Waals surface area (Å²) in [5.74, 6) is 0. The van der Waals surface area contributed by atoms with Crippen LogP contribution in [0.1, 0.15) is 22.7 Å². The van der Waals surface area contributed by atoms with Crippen LogP contribution in [0.2, 0.25) is 0 Å². The first-order valence-electron chi connectivity index (χ1n) is 4.88. The lowest BCUT2D eigenvalue weighted by atomic mass is 9.98. The number of alkyl carbamates (subject to hydrolysis) is 1. The highest BCUT2D eigenvalue weighted by Crippen LogP contribution is 2.25. The van der Waals surface area contributed by atoms with Crippen molar-refractivity contribution in [2.75, 3.05) is 12.3 Å². The number of nitrogens with two attached hydrogens (primary N) is 1. The first-order chi connectivity index (χ1) is 7.08. The molecule has 0 bridgehead atoms. The smallest absolute Gasteiger partial charge is 0.407 e. The van der Waals surface area contributed by atoms with E-state index in [9.17, 15) is 4.79 Å². The number of carbonyl (C=O) groups excluding carboxylic acids is 1. The van der Waals surface area contributed by atoms with Crippen molar-refractivity contribution in [2.24, 2.45) is 0 Å². The van der Waals surface area contributed by atoms with Gasteiger partial charge in [-0.3, -0.25) is 0 Å². The number of hydrogen-bond acceptors (Lipinski definition) is 3. The number of nitrogens with one attached hydrogen (secondary N) is 1. The van der Waals surface area contributed by atoms with Gasteiger partial charge in [0, 0.05) is 5.69 Å². The zero-order chi connectivity index (χ0) is 11.0. The van der Waals surface area contributed by atoms with E-state index < -0.39 is 0 Å². The molecule has 1 heterocycles. The molecule has 80 valence electrons. The maximum atomic E-state index is 10.9. The fourth-order valence-corrected chi connectivity index (χ4v) is 1.79. The topological polar surface area (TPSA) is 64.3 Å². The second kappa shape index (κ2) is 3.46. The highest BCUT2D eigenvalue weighted by molar-refractivity contribution is 5.70. The molecule has 1 aromatic carbocycles. The summed E-state index contributed by atoms with van der Waals surface area (Å²) in [6, 6.07) is 3.89. The number of nitrogen functional groups attached to an aromatic ring is 1. The summed E-state index contributed by atoms with van der Waals surface area (Å²) in [6.45, 7) is 4.33. The van der Waals surface area contributed by atoms with Crippen molar-refractivity contribution in [1.82, 2.24) is 5.32 Å². The van der Waals surface area contributed by atoms with Crippen LogP contribution in [0.4, 0.5) is 10.5 Å². The van der Waals surface area contributed by atoms with Crippen LogP contribution in [0, 0.1) is 13.8 Å². The summed E-state index contributed by atoms with van der Waals surface area (Å²) in [4.78, 5) is 10.9. The fraction of sp³-hybridized carbons (Fsp3) is 0.364. The highest BCUT2D eigenvalue weighted by atomic mass is 16.6. The maximum Gasteiger partial charge on any atom is 0.407 e. The molecule has 1 aromatic rings. The van der Waals surface area contributed by atoms with Gasteiger partial charge in [-0.05, 0) is 36.6 Å². The highest BCUT2D eigenvalue weighted by Gasteiger charge is 2.25. The molecule has 1 aliphatic heterocycles. The van der Waals surface area contributed by atoms with Crippen molar-refractivity contribution >= 4 is 11.8 Å². The number of benzene rings is 1. The van der Waals surface area contributed by atoms with Crippen LogP contribution in [-0.2, 0) is 4.74 Å². The van der Waals surface area contributed by atoms with Gasteiger partial charge in [-0.2, -0.15) is 0 Å². The van der Waals surface area contributed by atoms with E-state index in [1.54, 1.807) is 0 Å². The SMILES string of the molecule is Cc1cc(C2COC(=O)N2)c(C)cc1N. The zero-order valence-electron chi connectivity index (χ0n) is 8.83. The molecule has 0 aliphatic carbocycles. The van der Waals surface area contributed by atoms with Crippen LogP contribution >= 0.6 is 0 Å². The van der Waals surface area contributed by atoms with Gasteiger partial charge in [0.25, 0.3) is 0 Å². The third-order valence-electron chi connectivity index (χ3n) is 2.70. The number of ether oxygens (including phenoxy) is 1. The maximum absolute atomic E-state index is 10.9. The van der Waals surface area contributed by atoms with Crippen molar-refractivity contribution in [3.05, 3.63) is 28.8 Å². The molecule has 1 fully saturated rings. The summed E-state index contributed by atoms with van der Waals surface area (Å²) in [7, 11) is 0. The quantitative estimate of drug-likeness (QED) is 0.687. The standard InChI is InChI=1S/C11H14N2O2/c1-6-4-9(12)7(2)3-8(6)10-5-15-11(14)13-10/h3-4,10H,5,12H2,1-2H3,(H,13,14). The molecule has 2 rings (SSSR count). The lowest BCUT2D eigenvalue weighted by molar-refractivity contribution is 0.177. The third-order valence-corrected chi connectivity index (χ3v) is 2.70. The molecule has 1 aliphatic rings. The lowest BCUT2D eigenvalue weighted by Crippen LogP contribution is -2.19. The van der Waals surface area contributed by atoms with Crippen LogP contribution in [0.15, 0.2) is 12.1 Å². The minimum Gasteiger partial charge on any atom is -0.447 e. The van der Waals surface area contributed by atoms with E-state index >= 15 is 0 Å². The van der Waals surface area contributed by atoms with Gasteiger partial charge in [0.1, 0.15) is 6.61 Å².